The van der Waals surface area contributed by atoms with Crippen molar-refractivity contribution in [2.75, 3.05) is 0 Å². The smallest absolute Gasteiger partial charge is 0.144 e. The number of aryl methyl sites for hydroxylation is 2. The van der Waals surface area contributed by atoms with Crippen molar-refractivity contribution in [1.29, 1.82) is 0 Å². The van der Waals surface area contributed by atoms with Gasteiger partial charge in [0.05, 0.1) is 23.0 Å². The Morgan fingerprint density at radius 2 is 1.12 bits per heavy atom. The highest BCUT2D eigenvalue weighted by molar-refractivity contribution is 5.96. The maximum absolute atomic E-state index is 11.8. The van der Waals surface area contributed by atoms with Crippen LogP contribution in [0.5, 0.6) is 5.75 Å². The number of hydrogen-bond acceptors (Lipinski definition) is 4. The molecule has 5 heteroatoms. The lowest BCUT2D eigenvalue weighted by atomic mass is 9.79. The summed E-state index contributed by atoms with van der Waals surface area (Å²) in [5.41, 5.74) is 15.9. The van der Waals surface area contributed by atoms with Crippen molar-refractivity contribution in [2.24, 2.45) is 7.05 Å². The number of hydrogen-bond donors (Lipinski definition) is 1. The highest BCUT2D eigenvalue weighted by Gasteiger charge is 2.28. The van der Waals surface area contributed by atoms with Crippen LogP contribution < -0.4 is 0 Å². The summed E-state index contributed by atoms with van der Waals surface area (Å²) in [6.07, 6.45) is 5.74. The van der Waals surface area contributed by atoms with Gasteiger partial charge in [-0.05, 0) is 98.2 Å². The molecule has 56 heavy (non-hydrogen) atoms. The number of rotatable bonds is 6. The minimum absolute atomic E-state index is 0.122. The van der Waals surface area contributed by atoms with Gasteiger partial charge in [-0.3, -0.25) is 9.97 Å². The molecule has 0 spiro atoms. The fourth-order valence-electron chi connectivity index (χ4n) is 7.56. The predicted molar refractivity (Wildman–Crippen MR) is 233 cm³/mol. The molecule has 0 aliphatic rings. The van der Waals surface area contributed by atoms with Crippen LogP contribution in [0, 0.1) is 6.92 Å². The zero-order valence-corrected chi connectivity index (χ0v) is 33.5. The van der Waals surface area contributed by atoms with Gasteiger partial charge in [-0.25, -0.2) is 4.98 Å². The first kappa shape index (κ1) is 36.6. The van der Waals surface area contributed by atoms with Crippen molar-refractivity contribution in [1.82, 2.24) is 19.5 Å². The minimum atomic E-state index is -0.263. The number of benzene rings is 5. The van der Waals surface area contributed by atoms with E-state index in [9.17, 15) is 5.11 Å². The molecule has 0 saturated heterocycles. The number of aromatic hydroxyl groups is 1. The molecular formula is C51H48N4O. The highest BCUT2D eigenvalue weighted by atomic mass is 16.3. The normalized spacial score (nSPS) is 12.0. The predicted octanol–water partition coefficient (Wildman–Crippen LogP) is 13.0. The molecule has 5 nitrogen and oxygen atoms in total. The Balaban J connectivity index is 1.28. The molecule has 0 aliphatic carbocycles. The lowest BCUT2D eigenvalue weighted by Crippen LogP contribution is -2.17. The first-order valence-electron chi connectivity index (χ1n) is 19.3. The molecule has 0 fully saturated rings. The molecule has 8 aromatic rings. The van der Waals surface area contributed by atoms with Crippen molar-refractivity contribution in [3.8, 4) is 72.9 Å². The summed E-state index contributed by atoms with van der Waals surface area (Å²) >= 11 is 0. The summed E-state index contributed by atoms with van der Waals surface area (Å²) < 4.78 is 2.05. The van der Waals surface area contributed by atoms with Crippen molar-refractivity contribution in [3.05, 3.63) is 157 Å². The van der Waals surface area contributed by atoms with E-state index in [2.05, 4.69) is 162 Å². The third-order valence-electron chi connectivity index (χ3n) is 10.9. The summed E-state index contributed by atoms with van der Waals surface area (Å²) in [5.74, 6) is 0.966. The van der Waals surface area contributed by atoms with Crippen LogP contribution in [0.2, 0.25) is 0 Å². The monoisotopic (exact) mass is 732 g/mol. The second-order valence-corrected chi connectivity index (χ2v) is 17.0. The van der Waals surface area contributed by atoms with Gasteiger partial charge in [-0.15, -0.1) is 0 Å². The molecule has 0 unspecified atom stereocenters. The molecule has 3 aromatic heterocycles. The van der Waals surface area contributed by atoms with E-state index in [1.54, 1.807) is 0 Å². The number of phenols is 1. The Labute approximate surface area is 330 Å². The van der Waals surface area contributed by atoms with Gasteiger partial charge in [-0.1, -0.05) is 133 Å². The van der Waals surface area contributed by atoms with Crippen molar-refractivity contribution in [2.45, 2.75) is 59.3 Å². The molecule has 0 bridgehead atoms. The molecule has 0 saturated carbocycles. The molecule has 278 valence electrons. The van der Waals surface area contributed by atoms with Crippen LogP contribution in [0.4, 0.5) is 0 Å². The van der Waals surface area contributed by atoms with Crippen LogP contribution in [-0.4, -0.2) is 24.6 Å². The fraction of sp³-hybridized carbons (Fsp3) is 0.196. The van der Waals surface area contributed by atoms with E-state index in [1.165, 1.54) is 11.1 Å². The summed E-state index contributed by atoms with van der Waals surface area (Å²) in [7, 11) is 2.01. The standard InChI is InChI=1S/C51H48N4O/c1-32-29-53-45(28-41(32)36-21-19-35(20-22-36)33-15-11-9-12-16-33)39-24-37(34-17-13-10-14-18-34)23-38(25-39)43-30-52-31-46-47(43)54-49(55(46)8)42-26-40(50(2,3)4)27-44(48(42)56)51(5,6)7/h9-31,56H,1-8H3. The Bertz CT molecular complexity index is 2710. The average molecular weight is 733 g/mol. The van der Waals surface area contributed by atoms with E-state index in [4.69, 9.17) is 15.0 Å². The zero-order chi connectivity index (χ0) is 39.4. The number of aromatic nitrogens is 4. The van der Waals surface area contributed by atoms with Gasteiger partial charge < -0.3 is 9.67 Å². The van der Waals surface area contributed by atoms with Crippen molar-refractivity contribution < 1.29 is 5.11 Å². The summed E-state index contributed by atoms with van der Waals surface area (Å²) in [5, 5.41) is 11.8. The van der Waals surface area contributed by atoms with E-state index in [1.807, 2.05) is 37.8 Å². The summed E-state index contributed by atoms with van der Waals surface area (Å²) in [6, 6.07) is 42.8. The first-order chi connectivity index (χ1) is 26.8. The minimum Gasteiger partial charge on any atom is -0.507 e. The molecule has 0 amide bonds. The maximum Gasteiger partial charge on any atom is 0.144 e. The second kappa shape index (κ2) is 14.1. The van der Waals surface area contributed by atoms with Crippen LogP contribution in [-0.2, 0) is 17.9 Å². The Hall–Kier alpha value is -6.33. The van der Waals surface area contributed by atoms with Crippen LogP contribution in [0.15, 0.2) is 140 Å². The van der Waals surface area contributed by atoms with Gasteiger partial charge >= 0.3 is 0 Å². The van der Waals surface area contributed by atoms with Crippen LogP contribution >= 0.6 is 0 Å². The topological polar surface area (TPSA) is 63.8 Å². The number of nitrogens with zero attached hydrogens (tertiary/aromatic N) is 4. The lowest BCUT2D eigenvalue weighted by Gasteiger charge is -2.27. The van der Waals surface area contributed by atoms with Gasteiger partial charge in [0, 0.05) is 36.1 Å². The third-order valence-corrected chi connectivity index (χ3v) is 10.9. The van der Waals surface area contributed by atoms with Crippen LogP contribution in [0.25, 0.3) is 78.2 Å². The Morgan fingerprint density at radius 1 is 0.536 bits per heavy atom. The lowest BCUT2D eigenvalue weighted by molar-refractivity contribution is 0.446. The highest BCUT2D eigenvalue weighted by Crippen LogP contribution is 2.43. The number of fused-ring (bicyclic) bond motifs is 1. The second-order valence-electron chi connectivity index (χ2n) is 17.0. The Morgan fingerprint density at radius 3 is 1.77 bits per heavy atom. The molecule has 3 heterocycles. The molecule has 0 radical (unpaired) electrons. The van der Waals surface area contributed by atoms with Gasteiger partial charge in [0.1, 0.15) is 17.1 Å². The van der Waals surface area contributed by atoms with E-state index < -0.39 is 0 Å². The van der Waals surface area contributed by atoms with E-state index in [0.29, 0.717) is 5.82 Å². The molecule has 8 rings (SSSR count). The van der Waals surface area contributed by atoms with E-state index in [0.717, 1.165) is 77.9 Å². The Kier molecular flexibility index (Phi) is 9.20. The molecule has 5 aromatic carbocycles. The van der Waals surface area contributed by atoms with Gasteiger partial charge in [0.15, 0.2) is 0 Å². The molecule has 0 atom stereocenters. The third kappa shape index (κ3) is 6.90. The van der Waals surface area contributed by atoms with Gasteiger partial charge in [0.2, 0.25) is 0 Å². The van der Waals surface area contributed by atoms with Gasteiger partial charge in [0.25, 0.3) is 0 Å². The van der Waals surface area contributed by atoms with Crippen LogP contribution in [0.3, 0.4) is 0 Å². The van der Waals surface area contributed by atoms with Crippen LogP contribution in [0.1, 0.15) is 58.2 Å². The van der Waals surface area contributed by atoms with E-state index in [-0.39, 0.29) is 16.6 Å². The quantitative estimate of drug-likeness (QED) is 0.185. The van der Waals surface area contributed by atoms with Crippen molar-refractivity contribution >= 4 is 11.0 Å². The molecule has 1 N–H and O–H groups in total. The molecular weight excluding hydrogens is 685 g/mol. The largest absolute Gasteiger partial charge is 0.507 e. The average Bonchev–Trinajstić information content (AvgIpc) is 3.53. The van der Waals surface area contributed by atoms with E-state index >= 15 is 0 Å². The SMILES string of the molecule is Cc1cnc(-c2cc(-c3ccccc3)cc(-c3cncc4c3nc(-c3cc(C(C)(C)C)cc(C(C)(C)C)c3O)n4C)c2)cc1-c1ccc(-c2ccccc2)cc1. The molecule has 0 aliphatic heterocycles. The summed E-state index contributed by atoms with van der Waals surface area (Å²) in [6.45, 7) is 15.2. The zero-order valence-electron chi connectivity index (χ0n) is 33.5. The first-order valence-corrected chi connectivity index (χ1v) is 19.3. The number of phenolic OH excluding ortho intramolecular Hbond substituents is 1. The number of pyridine rings is 2. The summed E-state index contributed by atoms with van der Waals surface area (Å²) in [4.78, 5) is 15.1. The number of imidazole rings is 1. The van der Waals surface area contributed by atoms with Gasteiger partial charge in [-0.2, -0.15) is 0 Å². The van der Waals surface area contributed by atoms with Crippen molar-refractivity contribution in [3.63, 3.8) is 0 Å². The maximum atomic E-state index is 11.8. The fourth-order valence-corrected chi connectivity index (χ4v) is 7.56.